The van der Waals surface area contributed by atoms with Crippen molar-refractivity contribution >= 4 is 0 Å². The van der Waals surface area contributed by atoms with E-state index in [1.807, 2.05) is 13.0 Å². The van der Waals surface area contributed by atoms with Gasteiger partial charge in [-0.1, -0.05) is 11.6 Å². The number of hydrogen-bond donors (Lipinski definition) is 7. The lowest BCUT2D eigenvalue weighted by Crippen LogP contribution is -2.61. The maximum Gasteiger partial charge on any atom is 0.187 e. The quantitative estimate of drug-likeness (QED) is 0.182. The second kappa shape index (κ2) is 12.3. The number of hydrogen-bond acceptors (Lipinski definition) is 11. The van der Waals surface area contributed by atoms with E-state index in [0.717, 1.165) is 18.4 Å². The van der Waals surface area contributed by atoms with E-state index in [1.54, 1.807) is 13.8 Å². The summed E-state index contributed by atoms with van der Waals surface area (Å²) in [6.45, 7) is 6.69. The fourth-order valence-corrected chi connectivity index (χ4v) is 3.72. The van der Waals surface area contributed by atoms with Gasteiger partial charge < -0.3 is 54.7 Å². The summed E-state index contributed by atoms with van der Waals surface area (Å²) in [5.74, 6) is 0. The number of rotatable bonds is 10. The lowest BCUT2D eigenvalue weighted by molar-refractivity contribution is -0.326. The first-order chi connectivity index (χ1) is 15.3. The van der Waals surface area contributed by atoms with Crippen LogP contribution in [0.5, 0.6) is 0 Å². The Labute approximate surface area is 194 Å². The number of ether oxygens (including phenoxy) is 4. The first-order valence-corrected chi connectivity index (χ1v) is 11.3. The summed E-state index contributed by atoms with van der Waals surface area (Å²) in [5.41, 5.74) is 0.308. The van der Waals surface area contributed by atoms with Crippen molar-refractivity contribution in [3.8, 4) is 0 Å². The van der Waals surface area contributed by atoms with Crippen LogP contribution in [0.4, 0.5) is 0 Å². The smallest absolute Gasteiger partial charge is 0.187 e. The van der Waals surface area contributed by atoms with Gasteiger partial charge in [0.1, 0.15) is 42.7 Å². The van der Waals surface area contributed by atoms with Gasteiger partial charge in [-0.25, -0.2) is 0 Å². The highest BCUT2D eigenvalue weighted by Gasteiger charge is 2.46. The van der Waals surface area contributed by atoms with Crippen molar-refractivity contribution in [3.05, 3.63) is 11.6 Å². The maximum atomic E-state index is 10.2. The molecule has 0 unspecified atom stereocenters. The Morgan fingerprint density at radius 2 is 1.42 bits per heavy atom. The van der Waals surface area contributed by atoms with Gasteiger partial charge in [0.2, 0.25) is 0 Å². The molecule has 0 aromatic heterocycles. The summed E-state index contributed by atoms with van der Waals surface area (Å²) in [6.07, 6.45) is -9.22. The van der Waals surface area contributed by atoms with E-state index >= 15 is 0 Å². The second-order valence-electron chi connectivity index (χ2n) is 9.58. The highest BCUT2D eigenvalue weighted by molar-refractivity contribution is 4.98. The molecule has 2 rings (SSSR count). The summed E-state index contributed by atoms with van der Waals surface area (Å²) >= 11 is 0. The van der Waals surface area contributed by atoms with E-state index in [2.05, 4.69) is 0 Å². The minimum absolute atomic E-state index is 0.0957. The average Bonchev–Trinajstić information content (AvgIpc) is 2.73. The van der Waals surface area contributed by atoms with E-state index in [0.29, 0.717) is 6.42 Å². The zero-order chi connectivity index (χ0) is 24.9. The van der Waals surface area contributed by atoms with Crippen LogP contribution in [0.1, 0.15) is 47.0 Å². The molecule has 0 saturated carbocycles. The Hall–Kier alpha value is -0.700. The van der Waals surface area contributed by atoms with Crippen molar-refractivity contribution in [1.29, 1.82) is 0 Å². The van der Waals surface area contributed by atoms with E-state index in [9.17, 15) is 35.7 Å². The number of aliphatic hydroxyl groups is 7. The van der Waals surface area contributed by atoms with Crippen LogP contribution in [0, 0.1) is 0 Å². The molecular formula is C22H40O11. The van der Waals surface area contributed by atoms with Gasteiger partial charge in [-0.05, 0) is 47.0 Å². The van der Waals surface area contributed by atoms with Crippen molar-refractivity contribution in [2.45, 2.75) is 114 Å². The fraction of sp³-hybridized carbons (Fsp3) is 0.909. The average molecular weight is 481 g/mol. The summed E-state index contributed by atoms with van der Waals surface area (Å²) in [7, 11) is 0. The molecule has 2 heterocycles. The summed E-state index contributed by atoms with van der Waals surface area (Å²) < 4.78 is 21.9. The van der Waals surface area contributed by atoms with Gasteiger partial charge in [0.15, 0.2) is 12.6 Å². The fourth-order valence-electron chi connectivity index (χ4n) is 3.72. The molecule has 0 radical (unpaired) electrons. The van der Waals surface area contributed by atoms with Crippen LogP contribution in [-0.4, -0.2) is 116 Å². The van der Waals surface area contributed by atoms with E-state index < -0.39 is 67.0 Å². The first kappa shape index (κ1) is 28.5. The molecule has 0 aliphatic carbocycles. The summed E-state index contributed by atoms with van der Waals surface area (Å²) in [5, 5.41) is 70.1. The Morgan fingerprint density at radius 3 is 2.03 bits per heavy atom. The Kier molecular flexibility index (Phi) is 10.7. The van der Waals surface area contributed by atoms with Crippen LogP contribution in [0.2, 0.25) is 0 Å². The van der Waals surface area contributed by atoms with E-state index in [4.69, 9.17) is 18.9 Å². The predicted molar refractivity (Wildman–Crippen MR) is 115 cm³/mol. The monoisotopic (exact) mass is 480 g/mol. The third kappa shape index (κ3) is 8.18. The highest BCUT2D eigenvalue weighted by Crippen LogP contribution is 2.26. The molecule has 33 heavy (non-hydrogen) atoms. The van der Waals surface area contributed by atoms with Crippen LogP contribution in [-0.2, 0) is 18.9 Å². The van der Waals surface area contributed by atoms with Crippen molar-refractivity contribution in [3.63, 3.8) is 0 Å². The molecule has 2 saturated heterocycles. The standard InChI is InChI=1S/C22H40O11/c1-11(6-5-8-22(3,4)29)7-9-30-20-19(28)17(26)15(24)13(33-20)10-31-21-18(27)16(25)14(23)12(2)32-21/h7,12-21,23-29H,5-6,8-10H2,1-4H3/b11-7+/t12-,13+,14-,15+,16+,17-,18+,19+,20+,21+/m0/s1. The zero-order valence-electron chi connectivity index (χ0n) is 19.6. The Bertz CT molecular complexity index is 622. The van der Waals surface area contributed by atoms with Crippen molar-refractivity contribution in [2.24, 2.45) is 0 Å². The zero-order valence-corrected chi connectivity index (χ0v) is 19.6. The minimum Gasteiger partial charge on any atom is -0.390 e. The molecule has 0 aromatic carbocycles. The van der Waals surface area contributed by atoms with E-state index in [-0.39, 0.29) is 13.2 Å². The first-order valence-electron chi connectivity index (χ1n) is 11.3. The van der Waals surface area contributed by atoms with Gasteiger partial charge >= 0.3 is 0 Å². The van der Waals surface area contributed by atoms with Crippen LogP contribution in [0.25, 0.3) is 0 Å². The maximum absolute atomic E-state index is 10.2. The molecule has 11 nitrogen and oxygen atoms in total. The third-order valence-corrected chi connectivity index (χ3v) is 5.95. The lowest BCUT2D eigenvalue weighted by Gasteiger charge is -2.42. The van der Waals surface area contributed by atoms with Gasteiger partial charge in [0.05, 0.1) is 24.9 Å². The molecule has 10 atom stereocenters. The van der Waals surface area contributed by atoms with Crippen molar-refractivity contribution < 1.29 is 54.7 Å². The largest absolute Gasteiger partial charge is 0.390 e. The Morgan fingerprint density at radius 1 is 0.848 bits per heavy atom. The molecule has 0 spiro atoms. The third-order valence-electron chi connectivity index (χ3n) is 5.95. The lowest BCUT2D eigenvalue weighted by atomic mass is 9.98. The van der Waals surface area contributed by atoms with Crippen LogP contribution in [0.3, 0.4) is 0 Å². The van der Waals surface area contributed by atoms with Crippen molar-refractivity contribution in [2.75, 3.05) is 13.2 Å². The van der Waals surface area contributed by atoms with E-state index in [1.165, 1.54) is 6.92 Å². The van der Waals surface area contributed by atoms with Gasteiger partial charge in [-0.2, -0.15) is 0 Å². The topological polar surface area (TPSA) is 179 Å². The van der Waals surface area contributed by atoms with Crippen LogP contribution >= 0.6 is 0 Å². The molecule has 0 bridgehead atoms. The number of allylic oxidation sites excluding steroid dienone is 1. The molecular weight excluding hydrogens is 440 g/mol. The van der Waals surface area contributed by atoms with Crippen LogP contribution in [0.15, 0.2) is 11.6 Å². The van der Waals surface area contributed by atoms with Crippen LogP contribution < -0.4 is 0 Å². The molecule has 7 N–H and O–H groups in total. The Balaban J connectivity index is 1.86. The molecule has 11 heteroatoms. The summed E-state index contributed by atoms with van der Waals surface area (Å²) in [4.78, 5) is 0. The minimum atomic E-state index is -1.56. The van der Waals surface area contributed by atoms with Gasteiger partial charge in [0, 0.05) is 0 Å². The van der Waals surface area contributed by atoms with Gasteiger partial charge in [-0.3, -0.25) is 0 Å². The molecule has 194 valence electrons. The predicted octanol–water partition coefficient (Wildman–Crippen LogP) is -1.46. The molecule has 0 amide bonds. The molecule has 2 aliphatic rings. The SMILES string of the molecule is C/C(=C\CO[C@@H]1O[C@H](CO[C@@H]2O[C@@H](C)[C@H](O)[C@@H](O)[C@H]2O)[C@@H](O)[C@H](O)[C@H]1O)CCCC(C)(C)O. The number of aliphatic hydroxyl groups excluding tert-OH is 6. The van der Waals surface area contributed by atoms with Crippen molar-refractivity contribution in [1.82, 2.24) is 0 Å². The summed E-state index contributed by atoms with van der Waals surface area (Å²) in [6, 6.07) is 0. The molecule has 2 aliphatic heterocycles. The molecule has 2 fully saturated rings. The highest BCUT2D eigenvalue weighted by atomic mass is 16.7. The van der Waals surface area contributed by atoms with Gasteiger partial charge in [0.25, 0.3) is 0 Å². The van der Waals surface area contributed by atoms with Gasteiger partial charge in [-0.15, -0.1) is 0 Å². The second-order valence-corrected chi connectivity index (χ2v) is 9.58. The molecule has 0 aromatic rings. The normalized spacial score (nSPS) is 40.8.